The molecule has 0 amide bonds. The SMILES string of the molecule is Cn1cc(-c2ccc3c(c2)Cc2cn[nH]c2-3)c(-c2ccncc2)n1. The minimum Gasteiger partial charge on any atom is -0.278 e. The van der Waals surface area contributed by atoms with E-state index in [-0.39, 0.29) is 0 Å². The van der Waals surface area contributed by atoms with E-state index in [0.29, 0.717) is 0 Å². The molecule has 0 spiro atoms. The average Bonchev–Trinajstić information content (AvgIpc) is 3.29. The number of aromatic nitrogens is 5. The molecule has 24 heavy (non-hydrogen) atoms. The van der Waals surface area contributed by atoms with Crippen molar-refractivity contribution >= 4 is 0 Å². The number of H-pyrrole nitrogens is 1. The molecule has 0 fully saturated rings. The average molecular weight is 313 g/mol. The van der Waals surface area contributed by atoms with Crippen molar-refractivity contribution in [1.82, 2.24) is 25.0 Å². The minimum absolute atomic E-state index is 0.930. The Balaban J connectivity index is 1.64. The van der Waals surface area contributed by atoms with Crippen LogP contribution in [0.3, 0.4) is 0 Å². The second kappa shape index (κ2) is 4.89. The van der Waals surface area contributed by atoms with E-state index in [0.717, 1.165) is 28.9 Å². The van der Waals surface area contributed by atoms with Crippen LogP contribution in [0.2, 0.25) is 0 Å². The number of pyridine rings is 1. The maximum absolute atomic E-state index is 4.65. The Morgan fingerprint density at radius 2 is 1.88 bits per heavy atom. The Bertz CT molecular complexity index is 1040. The predicted molar refractivity (Wildman–Crippen MR) is 92.3 cm³/mol. The van der Waals surface area contributed by atoms with Gasteiger partial charge in [-0.3, -0.25) is 14.8 Å². The normalized spacial score (nSPS) is 12.2. The van der Waals surface area contributed by atoms with Crippen molar-refractivity contribution in [2.75, 3.05) is 0 Å². The molecule has 1 N–H and O–H groups in total. The topological polar surface area (TPSA) is 59.4 Å². The Morgan fingerprint density at radius 1 is 1.00 bits per heavy atom. The number of nitrogens with zero attached hydrogens (tertiary/aromatic N) is 4. The van der Waals surface area contributed by atoms with Crippen LogP contribution >= 0.6 is 0 Å². The summed E-state index contributed by atoms with van der Waals surface area (Å²) in [6.45, 7) is 0. The molecule has 0 bridgehead atoms. The Morgan fingerprint density at radius 3 is 2.75 bits per heavy atom. The third-order valence-corrected chi connectivity index (χ3v) is 4.57. The highest BCUT2D eigenvalue weighted by Crippen LogP contribution is 2.38. The molecule has 1 aromatic carbocycles. The van der Waals surface area contributed by atoms with Gasteiger partial charge in [-0.25, -0.2) is 0 Å². The number of benzene rings is 1. The molecular weight excluding hydrogens is 298 g/mol. The van der Waals surface area contributed by atoms with Crippen molar-refractivity contribution in [3.8, 4) is 33.6 Å². The molecule has 5 heteroatoms. The molecule has 0 atom stereocenters. The van der Waals surface area contributed by atoms with Crippen molar-refractivity contribution in [3.05, 3.63) is 66.2 Å². The van der Waals surface area contributed by atoms with Crippen LogP contribution in [0.25, 0.3) is 33.6 Å². The van der Waals surface area contributed by atoms with Crippen LogP contribution in [0.4, 0.5) is 0 Å². The van der Waals surface area contributed by atoms with Crippen LogP contribution in [-0.2, 0) is 13.5 Å². The van der Waals surface area contributed by atoms with Gasteiger partial charge in [-0.1, -0.05) is 18.2 Å². The fourth-order valence-electron chi connectivity index (χ4n) is 3.46. The van der Waals surface area contributed by atoms with Gasteiger partial charge in [0.2, 0.25) is 0 Å². The molecule has 0 aliphatic heterocycles. The van der Waals surface area contributed by atoms with Crippen LogP contribution in [0.15, 0.2) is 55.1 Å². The van der Waals surface area contributed by atoms with Crippen molar-refractivity contribution in [1.29, 1.82) is 0 Å². The first-order valence-corrected chi connectivity index (χ1v) is 7.89. The molecule has 4 aromatic rings. The lowest BCUT2D eigenvalue weighted by Crippen LogP contribution is -1.88. The number of hydrogen-bond acceptors (Lipinski definition) is 3. The number of hydrogen-bond donors (Lipinski definition) is 1. The Labute approximate surface area is 139 Å². The maximum Gasteiger partial charge on any atom is 0.100 e. The molecule has 0 radical (unpaired) electrons. The van der Waals surface area contributed by atoms with Crippen LogP contribution in [0.5, 0.6) is 0 Å². The predicted octanol–water partition coefficient (Wildman–Crippen LogP) is 3.44. The molecule has 3 heterocycles. The van der Waals surface area contributed by atoms with Gasteiger partial charge in [0.05, 0.1) is 11.9 Å². The van der Waals surface area contributed by atoms with E-state index in [1.54, 1.807) is 12.4 Å². The standard InChI is InChI=1S/C19H15N5/c1-24-11-17(19(23-24)12-4-6-20-7-5-12)13-2-3-16-14(8-13)9-15-10-21-22-18(15)16/h2-8,10-11H,9H2,1H3,(H,21,22). The molecular formula is C19H15N5. The van der Waals surface area contributed by atoms with Gasteiger partial charge in [0.1, 0.15) is 5.69 Å². The quantitative estimate of drug-likeness (QED) is 0.543. The molecule has 0 saturated carbocycles. The highest BCUT2D eigenvalue weighted by Gasteiger charge is 2.21. The summed E-state index contributed by atoms with van der Waals surface area (Å²) in [5, 5.41) is 11.9. The van der Waals surface area contributed by atoms with E-state index in [9.17, 15) is 0 Å². The first-order valence-electron chi connectivity index (χ1n) is 7.89. The fraction of sp³-hybridized carbons (Fsp3) is 0.105. The van der Waals surface area contributed by atoms with E-state index < -0.39 is 0 Å². The summed E-state index contributed by atoms with van der Waals surface area (Å²) in [6.07, 6.45) is 8.53. The van der Waals surface area contributed by atoms with Crippen molar-refractivity contribution < 1.29 is 0 Å². The van der Waals surface area contributed by atoms with Crippen LogP contribution in [0, 0.1) is 0 Å². The second-order valence-electron chi connectivity index (χ2n) is 6.12. The zero-order valence-corrected chi connectivity index (χ0v) is 13.2. The summed E-state index contributed by atoms with van der Waals surface area (Å²) < 4.78 is 1.87. The van der Waals surface area contributed by atoms with E-state index in [1.165, 1.54) is 22.3 Å². The largest absolute Gasteiger partial charge is 0.278 e. The lowest BCUT2D eigenvalue weighted by Gasteiger charge is -2.06. The van der Waals surface area contributed by atoms with Crippen molar-refractivity contribution in [2.45, 2.75) is 6.42 Å². The lowest BCUT2D eigenvalue weighted by atomic mass is 9.98. The molecule has 1 aliphatic rings. The molecule has 3 aromatic heterocycles. The third-order valence-electron chi connectivity index (χ3n) is 4.57. The van der Waals surface area contributed by atoms with E-state index in [2.05, 4.69) is 44.7 Å². The van der Waals surface area contributed by atoms with Crippen molar-refractivity contribution in [3.63, 3.8) is 0 Å². The number of fused-ring (bicyclic) bond motifs is 3. The molecule has 5 nitrogen and oxygen atoms in total. The number of aromatic amines is 1. The van der Waals surface area contributed by atoms with Gasteiger partial charge in [-0.2, -0.15) is 10.2 Å². The van der Waals surface area contributed by atoms with Gasteiger partial charge < -0.3 is 0 Å². The smallest absolute Gasteiger partial charge is 0.100 e. The third kappa shape index (κ3) is 1.91. The maximum atomic E-state index is 4.65. The zero-order chi connectivity index (χ0) is 16.1. The van der Waals surface area contributed by atoms with E-state index in [1.807, 2.05) is 30.1 Å². The van der Waals surface area contributed by atoms with Gasteiger partial charge in [-0.15, -0.1) is 0 Å². The molecule has 1 aliphatic carbocycles. The Hall–Kier alpha value is -3.21. The van der Waals surface area contributed by atoms with Crippen molar-refractivity contribution in [2.24, 2.45) is 7.05 Å². The zero-order valence-electron chi connectivity index (χ0n) is 13.2. The highest BCUT2D eigenvalue weighted by atomic mass is 15.3. The monoisotopic (exact) mass is 313 g/mol. The molecule has 5 rings (SSSR count). The van der Waals surface area contributed by atoms with E-state index >= 15 is 0 Å². The number of rotatable bonds is 2. The first-order chi connectivity index (χ1) is 11.8. The first kappa shape index (κ1) is 13.2. The molecule has 0 saturated heterocycles. The second-order valence-corrected chi connectivity index (χ2v) is 6.12. The van der Waals surface area contributed by atoms with Crippen LogP contribution < -0.4 is 0 Å². The summed E-state index contributed by atoms with van der Waals surface area (Å²) >= 11 is 0. The summed E-state index contributed by atoms with van der Waals surface area (Å²) in [5.41, 5.74) is 9.39. The summed E-state index contributed by atoms with van der Waals surface area (Å²) in [4.78, 5) is 4.10. The summed E-state index contributed by atoms with van der Waals surface area (Å²) in [7, 11) is 1.96. The van der Waals surface area contributed by atoms with Gasteiger partial charge in [-0.05, 0) is 23.3 Å². The minimum atomic E-state index is 0.930. The molecule has 0 unspecified atom stereocenters. The number of aryl methyl sites for hydroxylation is 1. The molecule has 116 valence electrons. The summed E-state index contributed by atoms with van der Waals surface area (Å²) in [5.74, 6) is 0. The van der Waals surface area contributed by atoms with Gasteiger partial charge in [0, 0.05) is 54.3 Å². The number of nitrogens with one attached hydrogen (secondary N) is 1. The Kier molecular flexibility index (Phi) is 2.70. The van der Waals surface area contributed by atoms with E-state index in [4.69, 9.17) is 0 Å². The lowest BCUT2D eigenvalue weighted by molar-refractivity contribution is 0.771. The van der Waals surface area contributed by atoms with Crippen LogP contribution in [0.1, 0.15) is 11.1 Å². The van der Waals surface area contributed by atoms with Gasteiger partial charge >= 0.3 is 0 Å². The highest BCUT2D eigenvalue weighted by molar-refractivity contribution is 5.83. The van der Waals surface area contributed by atoms with Gasteiger partial charge in [0.25, 0.3) is 0 Å². The van der Waals surface area contributed by atoms with Gasteiger partial charge in [0.15, 0.2) is 0 Å². The fourth-order valence-corrected chi connectivity index (χ4v) is 3.46. The summed E-state index contributed by atoms with van der Waals surface area (Å²) in [6, 6.07) is 10.6. The van der Waals surface area contributed by atoms with Crippen LogP contribution in [-0.4, -0.2) is 25.0 Å².